The van der Waals surface area contributed by atoms with Crippen LogP contribution in [0, 0.1) is 13.8 Å². The van der Waals surface area contributed by atoms with E-state index in [0.717, 1.165) is 11.4 Å². The number of carbonyl (C=O) groups excluding carboxylic acids is 3. The molecule has 0 fully saturated rings. The van der Waals surface area contributed by atoms with Gasteiger partial charge in [0.15, 0.2) is 6.61 Å². The van der Waals surface area contributed by atoms with E-state index in [2.05, 4.69) is 25.7 Å². The Morgan fingerprint density at radius 2 is 1.93 bits per heavy atom. The molecule has 2 amide bonds. The second-order valence-electron chi connectivity index (χ2n) is 6.25. The van der Waals surface area contributed by atoms with Gasteiger partial charge >= 0.3 is 5.97 Å². The molecule has 0 spiro atoms. The highest BCUT2D eigenvalue weighted by Gasteiger charge is 2.18. The smallest absolute Gasteiger partial charge is 0.378 e. The van der Waals surface area contributed by atoms with Crippen molar-refractivity contribution in [3.63, 3.8) is 0 Å². The monoisotopic (exact) mass is 396 g/mol. The van der Waals surface area contributed by atoms with Gasteiger partial charge in [-0.25, -0.2) is 14.3 Å². The molecule has 0 saturated carbocycles. The predicted molar refractivity (Wildman–Crippen MR) is 104 cm³/mol. The minimum atomic E-state index is -0.834. The summed E-state index contributed by atoms with van der Waals surface area (Å²) in [4.78, 5) is 44.3. The molecule has 0 radical (unpaired) electrons. The third kappa shape index (κ3) is 4.72. The second kappa shape index (κ2) is 8.46. The maximum Gasteiger partial charge on any atom is 0.378 e. The van der Waals surface area contributed by atoms with Crippen molar-refractivity contribution in [1.82, 2.24) is 24.9 Å². The van der Waals surface area contributed by atoms with Crippen LogP contribution in [0.15, 0.2) is 30.3 Å². The molecular formula is C19H20N6O4. The molecule has 3 aromatic rings. The summed E-state index contributed by atoms with van der Waals surface area (Å²) in [6, 6.07) is 8.24. The molecule has 150 valence electrons. The molecule has 2 heterocycles. The molecule has 2 N–H and O–H groups in total. The number of aromatic nitrogens is 4. The lowest BCUT2D eigenvalue weighted by Crippen LogP contribution is -2.23. The van der Waals surface area contributed by atoms with E-state index in [9.17, 15) is 14.4 Å². The van der Waals surface area contributed by atoms with Crippen molar-refractivity contribution in [2.75, 3.05) is 18.5 Å². The Morgan fingerprint density at radius 3 is 2.69 bits per heavy atom. The number of ether oxygens (including phenoxy) is 1. The molecule has 0 aliphatic heterocycles. The van der Waals surface area contributed by atoms with Gasteiger partial charge in [-0.1, -0.05) is 6.07 Å². The van der Waals surface area contributed by atoms with E-state index in [4.69, 9.17) is 4.74 Å². The predicted octanol–water partition coefficient (Wildman–Crippen LogP) is 1.29. The van der Waals surface area contributed by atoms with Crippen LogP contribution in [0.1, 0.15) is 39.3 Å². The van der Waals surface area contributed by atoms with Crippen molar-refractivity contribution < 1.29 is 19.1 Å². The fourth-order valence-corrected chi connectivity index (χ4v) is 2.65. The first-order valence-corrected chi connectivity index (χ1v) is 8.93. The summed E-state index contributed by atoms with van der Waals surface area (Å²) in [6.45, 7) is 5.41. The van der Waals surface area contributed by atoms with Gasteiger partial charge in [0.05, 0.1) is 0 Å². The van der Waals surface area contributed by atoms with Gasteiger partial charge in [0, 0.05) is 29.2 Å². The van der Waals surface area contributed by atoms with Crippen molar-refractivity contribution in [3.05, 3.63) is 53.1 Å². The zero-order chi connectivity index (χ0) is 21.0. The SMILES string of the molecule is CCNC(=O)c1cccc(NC(=O)COC(=O)c2nc3nc(C)cc(C)n3n2)c1. The fourth-order valence-electron chi connectivity index (χ4n) is 2.65. The molecular weight excluding hydrogens is 376 g/mol. The highest BCUT2D eigenvalue weighted by atomic mass is 16.5. The molecule has 1 aromatic carbocycles. The normalized spacial score (nSPS) is 10.6. The number of anilines is 1. The third-order valence-electron chi connectivity index (χ3n) is 3.88. The fraction of sp³-hybridized carbons (Fsp3) is 0.263. The zero-order valence-corrected chi connectivity index (χ0v) is 16.2. The van der Waals surface area contributed by atoms with Gasteiger partial charge in [-0.2, -0.15) is 4.98 Å². The zero-order valence-electron chi connectivity index (χ0n) is 16.2. The first kappa shape index (κ1) is 19.9. The van der Waals surface area contributed by atoms with Crippen molar-refractivity contribution in [3.8, 4) is 0 Å². The summed E-state index contributed by atoms with van der Waals surface area (Å²) in [6.07, 6.45) is 0. The molecule has 2 aromatic heterocycles. The number of hydrogen-bond acceptors (Lipinski definition) is 7. The van der Waals surface area contributed by atoms with E-state index in [-0.39, 0.29) is 17.5 Å². The topological polar surface area (TPSA) is 128 Å². The van der Waals surface area contributed by atoms with Gasteiger partial charge < -0.3 is 15.4 Å². The Hall–Kier alpha value is -3.82. The van der Waals surface area contributed by atoms with Gasteiger partial charge in [0.2, 0.25) is 0 Å². The number of hydrogen-bond donors (Lipinski definition) is 2. The van der Waals surface area contributed by atoms with Crippen LogP contribution < -0.4 is 10.6 Å². The van der Waals surface area contributed by atoms with E-state index < -0.39 is 18.5 Å². The van der Waals surface area contributed by atoms with Gasteiger partial charge in [-0.15, -0.1) is 5.10 Å². The quantitative estimate of drug-likeness (QED) is 0.601. The number of benzene rings is 1. The highest BCUT2D eigenvalue weighted by Crippen LogP contribution is 2.11. The number of nitrogens with zero attached hydrogens (tertiary/aromatic N) is 4. The second-order valence-corrected chi connectivity index (χ2v) is 6.25. The first-order valence-electron chi connectivity index (χ1n) is 8.93. The van der Waals surface area contributed by atoms with Crippen molar-refractivity contribution >= 4 is 29.2 Å². The Kier molecular flexibility index (Phi) is 5.82. The highest BCUT2D eigenvalue weighted by molar-refractivity contribution is 5.98. The average molecular weight is 396 g/mol. The van der Waals surface area contributed by atoms with Crippen LogP contribution in [0.2, 0.25) is 0 Å². The molecule has 3 rings (SSSR count). The summed E-state index contributed by atoms with van der Waals surface area (Å²) >= 11 is 0. The number of esters is 1. The Morgan fingerprint density at radius 1 is 1.14 bits per heavy atom. The molecule has 10 heteroatoms. The molecule has 0 saturated heterocycles. The van der Waals surface area contributed by atoms with Crippen LogP contribution in [-0.4, -0.2) is 50.5 Å². The Bertz CT molecular complexity index is 1090. The molecule has 0 aliphatic carbocycles. The van der Waals surface area contributed by atoms with Crippen LogP contribution in [0.5, 0.6) is 0 Å². The van der Waals surface area contributed by atoms with Gasteiger partial charge in [-0.3, -0.25) is 9.59 Å². The van der Waals surface area contributed by atoms with E-state index in [1.165, 1.54) is 10.6 Å². The number of carbonyl (C=O) groups is 3. The first-order chi connectivity index (χ1) is 13.9. The van der Waals surface area contributed by atoms with Gasteiger partial charge in [0.25, 0.3) is 23.4 Å². The van der Waals surface area contributed by atoms with Crippen LogP contribution in [0.3, 0.4) is 0 Å². The number of aryl methyl sites for hydroxylation is 2. The van der Waals surface area contributed by atoms with Crippen LogP contribution in [-0.2, 0) is 9.53 Å². The molecule has 10 nitrogen and oxygen atoms in total. The maximum atomic E-state index is 12.2. The van der Waals surface area contributed by atoms with Crippen molar-refractivity contribution in [1.29, 1.82) is 0 Å². The van der Waals surface area contributed by atoms with Crippen LogP contribution >= 0.6 is 0 Å². The molecule has 0 aliphatic rings. The maximum absolute atomic E-state index is 12.2. The number of rotatable bonds is 6. The number of fused-ring (bicyclic) bond motifs is 1. The molecule has 0 atom stereocenters. The largest absolute Gasteiger partial charge is 0.450 e. The molecule has 0 unspecified atom stereocenters. The summed E-state index contributed by atoms with van der Waals surface area (Å²) in [5, 5.41) is 9.31. The third-order valence-corrected chi connectivity index (χ3v) is 3.88. The standard InChI is InChI=1S/C19H20N6O4/c1-4-20-17(27)13-6-5-7-14(9-13)22-15(26)10-29-18(28)16-23-19-21-11(2)8-12(3)25(19)24-16/h5-9H,4,10H2,1-3H3,(H,20,27)(H,22,26). The minimum Gasteiger partial charge on any atom is -0.450 e. The number of amides is 2. The lowest BCUT2D eigenvalue weighted by atomic mass is 10.2. The summed E-state index contributed by atoms with van der Waals surface area (Å²) < 4.78 is 6.41. The minimum absolute atomic E-state index is 0.183. The van der Waals surface area contributed by atoms with Gasteiger partial charge in [0.1, 0.15) is 0 Å². The van der Waals surface area contributed by atoms with Crippen LogP contribution in [0.25, 0.3) is 5.78 Å². The van der Waals surface area contributed by atoms with Crippen molar-refractivity contribution in [2.45, 2.75) is 20.8 Å². The van der Waals surface area contributed by atoms with Gasteiger partial charge in [-0.05, 0) is 45.0 Å². The van der Waals surface area contributed by atoms with E-state index in [0.29, 0.717) is 17.8 Å². The summed E-state index contributed by atoms with van der Waals surface area (Å²) in [5.41, 5.74) is 2.34. The van der Waals surface area contributed by atoms with E-state index >= 15 is 0 Å². The van der Waals surface area contributed by atoms with Crippen molar-refractivity contribution in [2.24, 2.45) is 0 Å². The molecule has 29 heavy (non-hydrogen) atoms. The molecule has 0 bridgehead atoms. The average Bonchev–Trinajstić information content (AvgIpc) is 3.11. The summed E-state index contributed by atoms with van der Waals surface area (Å²) in [7, 11) is 0. The van der Waals surface area contributed by atoms with Crippen LogP contribution in [0.4, 0.5) is 5.69 Å². The lowest BCUT2D eigenvalue weighted by molar-refractivity contribution is -0.119. The lowest BCUT2D eigenvalue weighted by Gasteiger charge is -2.07. The van der Waals surface area contributed by atoms with E-state index in [1.807, 2.05) is 20.8 Å². The van der Waals surface area contributed by atoms with E-state index in [1.54, 1.807) is 24.3 Å². The Balaban J connectivity index is 1.61. The number of nitrogens with one attached hydrogen (secondary N) is 2. The Labute approximate surface area is 166 Å². The summed E-state index contributed by atoms with van der Waals surface area (Å²) in [5.74, 6) is -1.54.